The van der Waals surface area contributed by atoms with Gasteiger partial charge in [-0.2, -0.15) is 4.57 Å². The van der Waals surface area contributed by atoms with Crippen molar-refractivity contribution < 1.29 is 40.8 Å². The van der Waals surface area contributed by atoms with Crippen LogP contribution in [0.3, 0.4) is 0 Å². The van der Waals surface area contributed by atoms with E-state index < -0.39 is 17.5 Å². The van der Waals surface area contributed by atoms with Crippen molar-refractivity contribution in [3.63, 3.8) is 0 Å². The number of ketones is 1. The van der Waals surface area contributed by atoms with Crippen molar-refractivity contribution in [1.82, 2.24) is 9.55 Å². The van der Waals surface area contributed by atoms with Crippen LogP contribution >= 0.6 is 0 Å². The standard InChI is InChI=1S/C29H24N3O6.ClH/c1-3-29(38-25(34)15-31-10-6-8-19(13-31)17(2)33)22-12-24-26-20(11-18-7-4-5-9-23(18)30-26)14-32(24)27(35)21(22)16-37-28(29)36;/h4-13H,3,14-16H2,1-2H3;1H/q+1;/p-1/t29-;/m0./s1. The summed E-state index contributed by atoms with van der Waals surface area (Å²) in [7, 11) is 0. The number of pyridine rings is 3. The predicted molar refractivity (Wildman–Crippen MR) is 135 cm³/mol. The van der Waals surface area contributed by atoms with Crippen LogP contribution < -0.4 is 22.5 Å². The van der Waals surface area contributed by atoms with Crippen LogP contribution in [0.5, 0.6) is 0 Å². The minimum Gasteiger partial charge on any atom is -1.00 e. The summed E-state index contributed by atoms with van der Waals surface area (Å²) in [4.78, 5) is 56.5. The van der Waals surface area contributed by atoms with Crippen LogP contribution in [0.15, 0.2) is 65.7 Å². The van der Waals surface area contributed by atoms with Gasteiger partial charge in [-0.25, -0.2) is 14.6 Å². The largest absolute Gasteiger partial charge is 1.00 e. The molecule has 6 rings (SSSR count). The summed E-state index contributed by atoms with van der Waals surface area (Å²) in [5, 5.41) is 0.971. The molecule has 39 heavy (non-hydrogen) atoms. The summed E-state index contributed by atoms with van der Waals surface area (Å²) in [5.41, 5.74) is 1.89. The van der Waals surface area contributed by atoms with Crippen LogP contribution in [0.25, 0.3) is 22.3 Å². The highest BCUT2D eigenvalue weighted by Gasteiger charge is 2.50. The van der Waals surface area contributed by atoms with Gasteiger partial charge in [-0.3, -0.25) is 9.59 Å². The van der Waals surface area contributed by atoms with E-state index in [9.17, 15) is 19.2 Å². The van der Waals surface area contributed by atoms with Crippen LogP contribution in [0, 0.1) is 0 Å². The van der Waals surface area contributed by atoms with Gasteiger partial charge in [0.1, 0.15) is 6.61 Å². The van der Waals surface area contributed by atoms with Gasteiger partial charge in [0, 0.05) is 22.6 Å². The third-order valence-corrected chi connectivity index (χ3v) is 7.25. The Labute approximate surface area is 229 Å². The Bertz CT molecular complexity index is 1750. The molecule has 5 heterocycles. The summed E-state index contributed by atoms with van der Waals surface area (Å²) in [6, 6.07) is 14.8. The van der Waals surface area contributed by atoms with E-state index in [0.717, 1.165) is 16.5 Å². The summed E-state index contributed by atoms with van der Waals surface area (Å²) >= 11 is 0. The molecule has 0 unspecified atom stereocenters. The van der Waals surface area contributed by atoms with Crippen molar-refractivity contribution in [3.05, 3.63) is 93.5 Å². The molecule has 2 aliphatic rings. The fourth-order valence-electron chi connectivity index (χ4n) is 5.29. The molecule has 2 aliphatic heterocycles. The molecular weight excluding hydrogens is 522 g/mol. The topological polar surface area (TPSA) is 108 Å². The second kappa shape index (κ2) is 9.74. The van der Waals surface area contributed by atoms with E-state index >= 15 is 0 Å². The third kappa shape index (κ3) is 4.19. The lowest BCUT2D eigenvalue weighted by molar-refractivity contribution is -0.686. The van der Waals surface area contributed by atoms with E-state index in [0.29, 0.717) is 29.1 Å². The van der Waals surface area contributed by atoms with Crippen molar-refractivity contribution in [2.75, 3.05) is 0 Å². The van der Waals surface area contributed by atoms with Crippen LogP contribution in [-0.2, 0) is 44.4 Å². The number of para-hydroxylation sites is 1. The first-order valence-corrected chi connectivity index (χ1v) is 12.4. The number of nitrogens with zero attached hydrogens (tertiary/aromatic N) is 3. The molecular formula is C29H24ClN3O6. The number of halogens is 1. The van der Waals surface area contributed by atoms with Gasteiger partial charge in [0.15, 0.2) is 18.2 Å². The van der Waals surface area contributed by atoms with E-state index in [4.69, 9.17) is 14.5 Å². The van der Waals surface area contributed by atoms with Gasteiger partial charge in [0.05, 0.1) is 34.6 Å². The van der Waals surface area contributed by atoms with Gasteiger partial charge in [-0.1, -0.05) is 25.1 Å². The number of carbonyl (C=O) groups is 3. The van der Waals surface area contributed by atoms with Crippen molar-refractivity contribution in [1.29, 1.82) is 0 Å². The molecule has 0 spiro atoms. The van der Waals surface area contributed by atoms with Crippen LogP contribution in [0.4, 0.5) is 0 Å². The number of benzene rings is 1. The third-order valence-electron chi connectivity index (χ3n) is 7.25. The number of cyclic esters (lactones) is 1. The second-order valence-corrected chi connectivity index (χ2v) is 9.55. The average molecular weight is 546 g/mol. The maximum absolute atomic E-state index is 13.6. The van der Waals surface area contributed by atoms with Gasteiger partial charge in [0.2, 0.25) is 12.1 Å². The van der Waals surface area contributed by atoms with Crippen molar-refractivity contribution in [3.8, 4) is 11.4 Å². The molecule has 1 atom stereocenters. The molecule has 0 fully saturated rings. The Hall–Kier alpha value is -4.37. The van der Waals surface area contributed by atoms with E-state index in [1.54, 1.807) is 42.1 Å². The first-order chi connectivity index (χ1) is 18.3. The Morgan fingerprint density at radius 2 is 1.95 bits per heavy atom. The Morgan fingerprint density at radius 3 is 2.72 bits per heavy atom. The zero-order valence-corrected chi connectivity index (χ0v) is 22.0. The minimum atomic E-state index is -1.78. The van der Waals surface area contributed by atoms with Gasteiger partial charge in [-0.05, 0) is 37.6 Å². The lowest BCUT2D eigenvalue weighted by atomic mass is 9.85. The summed E-state index contributed by atoms with van der Waals surface area (Å²) in [5.74, 6) is -1.57. The second-order valence-electron chi connectivity index (χ2n) is 9.55. The van der Waals surface area contributed by atoms with Gasteiger partial charge in [0.25, 0.3) is 5.56 Å². The SMILES string of the molecule is CC[C@@]1(OC(=O)C[n+]2cccc(C(C)=O)c2)C(=O)OCc2c1cc1n(c2=O)Cc2cc3ccccc3nc2-1.[Cl-]. The number of esters is 2. The summed E-state index contributed by atoms with van der Waals surface area (Å²) < 4.78 is 14.4. The predicted octanol–water partition coefficient (Wildman–Crippen LogP) is -0.175. The maximum Gasteiger partial charge on any atom is 0.374 e. The van der Waals surface area contributed by atoms with E-state index in [-0.39, 0.29) is 48.9 Å². The van der Waals surface area contributed by atoms with Gasteiger partial charge >= 0.3 is 11.9 Å². The normalized spacial score (nSPS) is 16.9. The van der Waals surface area contributed by atoms with Crippen molar-refractivity contribution >= 4 is 28.6 Å². The zero-order chi connectivity index (χ0) is 26.6. The summed E-state index contributed by atoms with van der Waals surface area (Å²) in [6.45, 7) is 3.06. The molecule has 1 aromatic carbocycles. The maximum atomic E-state index is 13.6. The number of rotatable bonds is 5. The molecule has 0 bridgehead atoms. The minimum absolute atomic E-state index is 0. The molecule has 0 aliphatic carbocycles. The molecule has 198 valence electrons. The highest BCUT2D eigenvalue weighted by molar-refractivity contribution is 5.93. The van der Waals surface area contributed by atoms with E-state index in [1.165, 1.54) is 11.5 Å². The van der Waals surface area contributed by atoms with Crippen LogP contribution in [0.2, 0.25) is 0 Å². The quantitative estimate of drug-likeness (QED) is 0.171. The first-order valence-electron chi connectivity index (χ1n) is 12.4. The van der Waals surface area contributed by atoms with Crippen molar-refractivity contribution in [2.45, 2.75) is 45.6 Å². The van der Waals surface area contributed by atoms with E-state index in [1.807, 2.05) is 30.3 Å². The number of carbonyl (C=O) groups excluding carboxylic acids is 3. The Kier molecular flexibility index (Phi) is 6.56. The molecule has 0 amide bonds. The number of Topliss-reactive ketones (excluding diaryl/α,β-unsaturated/α-hetero) is 1. The van der Waals surface area contributed by atoms with Crippen molar-refractivity contribution in [2.24, 2.45) is 0 Å². The molecule has 4 aromatic rings. The Balaban J connectivity index is 0.00000308. The van der Waals surface area contributed by atoms with Crippen LogP contribution in [-0.4, -0.2) is 27.3 Å². The lowest BCUT2D eigenvalue weighted by Crippen LogP contribution is -3.00. The van der Waals surface area contributed by atoms with Crippen LogP contribution in [0.1, 0.15) is 47.3 Å². The highest BCUT2D eigenvalue weighted by atomic mass is 35.5. The Morgan fingerprint density at radius 1 is 1.15 bits per heavy atom. The monoisotopic (exact) mass is 545 g/mol. The number of hydrogen-bond donors (Lipinski definition) is 0. The highest BCUT2D eigenvalue weighted by Crippen LogP contribution is 2.40. The fourth-order valence-corrected chi connectivity index (χ4v) is 5.29. The number of ether oxygens (including phenoxy) is 2. The first kappa shape index (κ1) is 26.2. The molecule has 0 N–H and O–H groups in total. The fraction of sp³-hybridized carbons (Fsp3) is 0.241. The van der Waals surface area contributed by atoms with Gasteiger partial charge < -0.3 is 26.4 Å². The lowest BCUT2D eigenvalue weighted by Gasteiger charge is -2.35. The van der Waals surface area contributed by atoms with Gasteiger partial charge in [-0.15, -0.1) is 0 Å². The zero-order valence-electron chi connectivity index (χ0n) is 21.3. The molecule has 10 heteroatoms. The molecule has 0 saturated carbocycles. The number of hydrogen-bond acceptors (Lipinski definition) is 7. The molecule has 3 aromatic heterocycles. The molecule has 0 saturated heterocycles. The molecule has 9 nitrogen and oxygen atoms in total. The van der Waals surface area contributed by atoms with E-state index in [2.05, 4.69) is 0 Å². The summed E-state index contributed by atoms with van der Waals surface area (Å²) in [6.07, 6.45) is 3.25. The number of fused-ring (bicyclic) bond motifs is 5. The average Bonchev–Trinajstić information content (AvgIpc) is 3.27. The smallest absolute Gasteiger partial charge is 0.374 e. The number of aromatic nitrogens is 3. The molecule has 0 radical (unpaired) electrons.